The average molecular weight is 420 g/mol. The standard InChI is InChI=1S/C24H25FN4O2/c1-28-20-10-9-15(11-16(20)12-26-28)13-29-14-17(23-18(25)5-4-7-21(23)29)24(31)27-19-6-2-3-8-22(19)30/h4-5,7,9-12,14,19,22,30H,2-3,6,8,13H2,1H3,(H,27,31)/t19-,22-/m0/s1. The number of amides is 1. The van der Waals surface area contributed by atoms with E-state index in [1.54, 1.807) is 12.3 Å². The Morgan fingerprint density at radius 3 is 2.90 bits per heavy atom. The Morgan fingerprint density at radius 2 is 2.06 bits per heavy atom. The van der Waals surface area contributed by atoms with Crippen molar-refractivity contribution in [3.8, 4) is 0 Å². The molecule has 0 saturated heterocycles. The molecule has 2 aromatic carbocycles. The minimum absolute atomic E-state index is 0.292. The number of aromatic nitrogens is 3. The van der Waals surface area contributed by atoms with E-state index in [0.29, 0.717) is 29.4 Å². The third kappa shape index (κ3) is 3.59. The van der Waals surface area contributed by atoms with Gasteiger partial charge in [0.15, 0.2) is 0 Å². The molecule has 6 nitrogen and oxygen atoms in total. The van der Waals surface area contributed by atoms with Crippen LogP contribution in [0.25, 0.3) is 21.8 Å². The summed E-state index contributed by atoms with van der Waals surface area (Å²) in [5, 5.41) is 18.8. The summed E-state index contributed by atoms with van der Waals surface area (Å²) in [6.07, 6.45) is 6.32. The van der Waals surface area contributed by atoms with Crippen molar-refractivity contribution >= 4 is 27.7 Å². The van der Waals surface area contributed by atoms with Gasteiger partial charge < -0.3 is 15.0 Å². The molecular weight excluding hydrogens is 395 g/mol. The van der Waals surface area contributed by atoms with Crippen LogP contribution in [-0.2, 0) is 13.6 Å². The maximum atomic E-state index is 14.8. The van der Waals surface area contributed by atoms with Crippen molar-refractivity contribution in [3.05, 3.63) is 65.7 Å². The highest BCUT2D eigenvalue weighted by molar-refractivity contribution is 6.07. The molecule has 1 aliphatic carbocycles. The van der Waals surface area contributed by atoms with Gasteiger partial charge in [0, 0.05) is 30.6 Å². The van der Waals surface area contributed by atoms with E-state index in [0.717, 1.165) is 35.7 Å². The second kappa shape index (κ2) is 7.81. The average Bonchev–Trinajstić information content (AvgIpc) is 3.31. The van der Waals surface area contributed by atoms with Crippen molar-refractivity contribution in [1.82, 2.24) is 19.7 Å². The Morgan fingerprint density at radius 1 is 1.23 bits per heavy atom. The fourth-order valence-corrected chi connectivity index (χ4v) is 4.65. The number of halogens is 1. The molecule has 0 unspecified atom stereocenters. The van der Waals surface area contributed by atoms with Gasteiger partial charge in [-0.25, -0.2) is 4.39 Å². The minimum atomic E-state index is -0.554. The number of carbonyl (C=O) groups excluding carboxylic acids is 1. The van der Waals surface area contributed by atoms with Gasteiger partial charge in [0.1, 0.15) is 5.82 Å². The van der Waals surface area contributed by atoms with E-state index in [9.17, 15) is 14.3 Å². The van der Waals surface area contributed by atoms with Crippen LogP contribution in [0.3, 0.4) is 0 Å². The van der Waals surface area contributed by atoms with Crippen molar-refractivity contribution < 1.29 is 14.3 Å². The Bertz CT molecular complexity index is 1280. The summed E-state index contributed by atoms with van der Waals surface area (Å²) < 4.78 is 18.5. The van der Waals surface area contributed by atoms with Gasteiger partial charge in [-0.05, 0) is 42.7 Å². The zero-order valence-corrected chi connectivity index (χ0v) is 17.4. The number of aliphatic hydroxyl groups excluding tert-OH is 1. The van der Waals surface area contributed by atoms with E-state index in [4.69, 9.17) is 0 Å². The van der Waals surface area contributed by atoms with E-state index in [2.05, 4.69) is 16.5 Å². The predicted molar refractivity (Wildman–Crippen MR) is 117 cm³/mol. The molecule has 0 bridgehead atoms. The highest BCUT2D eigenvalue weighted by atomic mass is 19.1. The second-order valence-electron chi connectivity index (χ2n) is 8.40. The third-order valence-corrected chi connectivity index (χ3v) is 6.31. The number of hydrogen-bond acceptors (Lipinski definition) is 3. The van der Waals surface area contributed by atoms with Gasteiger partial charge in [-0.2, -0.15) is 5.10 Å². The van der Waals surface area contributed by atoms with E-state index >= 15 is 0 Å². The Hall–Kier alpha value is -3.19. The van der Waals surface area contributed by atoms with E-state index < -0.39 is 11.9 Å². The Kier molecular flexibility index (Phi) is 4.98. The van der Waals surface area contributed by atoms with Gasteiger partial charge >= 0.3 is 0 Å². The number of aliphatic hydroxyl groups is 1. The maximum Gasteiger partial charge on any atom is 0.253 e. The highest BCUT2D eigenvalue weighted by Gasteiger charge is 2.27. The van der Waals surface area contributed by atoms with Crippen LogP contribution in [0.1, 0.15) is 41.6 Å². The lowest BCUT2D eigenvalue weighted by Crippen LogP contribution is -2.45. The molecule has 4 aromatic rings. The Balaban J connectivity index is 1.50. The second-order valence-corrected chi connectivity index (χ2v) is 8.40. The molecule has 2 N–H and O–H groups in total. The highest BCUT2D eigenvalue weighted by Crippen LogP contribution is 2.27. The molecule has 5 rings (SSSR count). The van der Waals surface area contributed by atoms with E-state index in [-0.39, 0.29) is 11.9 Å². The fourth-order valence-electron chi connectivity index (χ4n) is 4.65. The van der Waals surface area contributed by atoms with Crippen LogP contribution in [-0.4, -0.2) is 37.5 Å². The number of benzene rings is 2. The van der Waals surface area contributed by atoms with Crippen LogP contribution in [0.2, 0.25) is 0 Å². The molecule has 2 heterocycles. The lowest BCUT2D eigenvalue weighted by Gasteiger charge is -2.28. The summed E-state index contributed by atoms with van der Waals surface area (Å²) in [5.41, 5.74) is 3.04. The van der Waals surface area contributed by atoms with E-state index in [1.165, 1.54) is 6.07 Å². The largest absolute Gasteiger partial charge is 0.391 e. The van der Waals surface area contributed by atoms with Gasteiger partial charge in [-0.15, -0.1) is 0 Å². The van der Waals surface area contributed by atoms with Crippen molar-refractivity contribution in [3.63, 3.8) is 0 Å². The zero-order valence-electron chi connectivity index (χ0n) is 17.4. The maximum absolute atomic E-state index is 14.8. The molecule has 2 aromatic heterocycles. The molecule has 7 heteroatoms. The first-order chi connectivity index (χ1) is 15.0. The van der Waals surface area contributed by atoms with Crippen LogP contribution in [0, 0.1) is 5.82 Å². The minimum Gasteiger partial charge on any atom is -0.391 e. The third-order valence-electron chi connectivity index (χ3n) is 6.31. The van der Waals surface area contributed by atoms with Crippen molar-refractivity contribution in [1.29, 1.82) is 0 Å². The van der Waals surface area contributed by atoms with E-state index in [1.807, 2.05) is 40.7 Å². The normalized spacial score (nSPS) is 19.2. The van der Waals surface area contributed by atoms with Gasteiger partial charge in [0.05, 0.1) is 34.9 Å². The van der Waals surface area contributed by atoms with Crippen molar-refractivity contribution in [2.75, 3.05) is 0 Å². The lowest BCUT2D eigenvalue weighted by molar-refractivity contribution is 0.0718. The molecule has 1 aliphatic rings. The topological polar surface area (TPSA) is 72.1 Å². The first-order valence-electron chi connectivity index (χ1n) is 10.7. The summed E-state index contributed by atoms with van der Waals surface area (Å²) in [6.45, 7) is 0.504. The first-order valence-corrected chi connectivity index (χ1v) is 10.7. The van der Waals surface area contributed by atoms with Gasteiger partial charge in [-0.3, -0.25) is 9.48 Å². The van der Waals surface area contributed by atoms with Crippen molar-refractivity contribution in [2.24, 2.45) is 7.05 Å². The number of carbonyl (C=O) groups is 1. The number of aryl methyl sites for hydroxylation is 1. The number of nitrogens with one attached hydrogen (secondary N) is 1. The molecule has 1 fully saturated rings. The lowest BCUT2D eigenvalue weighted by atomic mass is 9.92. The molecule has 1 amide bonds. The van der Waals surface area contributed by atoms with Crippen LogP contribution < -0.4 is 5.32 Å². The van der Waals surface area contributed by atoms with Gasteiger partial charge in [0.25, 0.3) is 5.91 Å². The number of nitrogens with zero attached hydrogens (tertiary/aromatic N) is 3. The van der Waals surface area contributed by atoms with Crippen LogP contribution in [0.5, 0.6) is 0 Å². The summed E-state index contributed by atoms with van der Waals surface area (Å²) in [7, 11) is 1.90. The van der Waals surface area contributed by atoms with Gasteiger partial charge in [-0.1, -0.05) is 25.0 Å². The molecule has 0 spiro atoms. The predicted octanol–water partition coefficient (Wildman–Crippen LogP) is 3.75. The zero-order chi connectivity index (χ0) is 21.5. The molecule has 160 valence electrons. The quantitative estimate of drug-likeness (QED) is 0.528. The SMILES string of the molecule is Cn1ncc2cc(Cn3cc(C(=O)N[C@H]4CCCC[C@@H]4O)c4c(F)cccc43)ccc21. The van der Waals surface area contributed by atoms with Crippen molar-refractivity contribution in [2.45, 2.75) is 44.4 Å². The smallest absolute Gasteiger partial charge is 0.253 e. The number of rotatable bonds is 4. The molecule has 2 atom stereocenters. The molecular formula is C24H25FN4O2. The summed E-state index contributed by atoms with van der Waals surface area (Å²) in [4.78, 5) is 13.1. The summed E-state index contributed by atoms with van der Waals surface area (Å²) in [5.74, 6) is -0.768. The molecule has 31 heavy (non-hydrogen) atoms. The van der Waals surface area contributed by atoms with Gasteiger partial charge in [0.2, 0.25) is 0 Å². The molecule has 1 saturated carbocycles. The summed E-state index contributed by atoms with van der Waals surface area (Å²) >= 11 is 0. The van der Waals surface area contributed by atoms with Crippen LogP contribution >= 0.6 is 0 Å². The summed E-state index contributed by atoms with van der Waals surface area (Å²) in [6, 6.07) is 10.7. The monoisotopic (exact) mass is 420 g/mol. The molecule has 0 aliphatic heterocycles. The Labute approximate surface area is 179 Å². The fraction of sp³-hybridized carbons (Fsp3) is 0.333. The van der Waals surface area contributed by atoms with Crippen LogP contribution in [0.4, 0.5) is 4.39 Å². The molecule has 0 radical (unpaired) electrons. The van der Waals surface area contributed by atoms with Crippen LogP contribution in [0.15, 0.2) is 48.8 Å². The number of hydrogen-bond donors (Lipinski definition) is 2. The first kappa shape index (κ1) is 19.8. The number of fused-ring (bicyclic) bond motifs is 2.